The van der Waals surface area contributed by atoms with Gasteiger partial charge in [0, 0.05) is 5.56 Å². The molecule has 2 aromatic rings. The molecule has 0 aromatic heterocycles. The third-order valence-electron chi connectivity index (χ3n) is 3.92. The van der Waals surface area contributed by atoms with E-state index in [4.69, 9.17) is 9.84 Å². The Morgan fingerprint density at radius 2 is 1.71 bits per heavy atom. The van der Waals surface area contributed by atoms with Crippen molar-refractivity contribution in [1.82, 2.24) is 0 Å². The van der Waals surface area contributed by atoms with Gasteiger partial charge in [-0.2, -0.15) is 13.2 Å². The topological polar surface area (TPSA) is 72.8 Å². The number of rotatable bonds is 7. The summed E-state index contributed by atoms with van der Waals surface area (Å²) in [7, 11) is 0. The minimum atomic E-state index is -4.50. The normalized spacial score (nSPS) is 11.1. The summed E-state index contributed by atoms with van der Waals surface area (Å²) in [5, 5.41) is 8.87. The van der Waals surface area contributed by atoms with Gasteiger partial charge < -0.3 is 14.6 Å². The molecule has 0 saturated carbocycles. The summed E-state index contributed by atoms with van der Waals surface area (Å²) < 4.78 is 48.1. The maximum atomic E-state index is 12.8. The van der Waals surface area contributed by atoms with Gasteiger partial charge in [-0.25, -0.2) is 9.59 Å². The number of carbonyl (C=O) groups excluding carboxylic acids is 1. The molecule has 0 amide bonds. The molecule has 150 valence electrons. The fourth-order valence-corrected chi connectivity index (χ4v) is 2.50. The van der Waals surface area contributed by atoms with E-state index in [1.807, 2.05) is 6.92 Å². The number of carboxylic acid groups (broad SMARTS) is 1. The first-order chi connectivity index (χ1) is 13.2. The molecule has 0 radical (unpaired) electrons. The van der Waals surface area contributed by atoms with Gasteiger partial charge in [0.25, 0.3) is 0 Å². The molecule has 0 aliphatic carbocycles. The van der Waals surface area contributed by atoms with Gasteiger partial charge in [-0.15, -0.1) is 0 Å². The van der Waals surface area contributed by atoms with Crippen LogP contribution in [0.25, 0.3) is 11.1 Å². The van der Waals surface area contributed by atoms with E-state index in [2.05, 4.69) is 4.74 Å². The van der Waals surface area contributed by atoms with Crippen molar-refractivity contribution >= 4 is 12.1 Å². The van der Waals surface area contributed by atoms with Gasteiger partial charge in [0.05, 0.1) is 17.7 Å². The van der Waals surface area contributed by atoms with Gasteiger partial charge in [-0.05, 0) is 42.3 Å². The Labute approximate surface area is 159 Å². The lowest BCUT2D eigenvalue weighted by Crippen LogP contribution is -2.09. The van der Waals surface area contributed by atoms with Crippen molar-refractivity contribution in [2.45, 2.75) is 32.4 Å². The first-order valence-corrected chi connectivity index (χ1v) is 8.62. The van der Waals surface area contributed by atoms with Crippen molar-refractivity contribution in [1.29, 1.82) is 0 Å². The van der Waals surface area contributed by atoms with Crippen LogP contribution in [0.4, 0.5) is 18.0 Å². The van der Waals surface area contributed by atoms with E-state index in [1.165, 1.54) is 30.3 Å². The summed E-state index contributed by atoms with van der Waals surface area (Å²) in [6, 6.07) is 8.05. The van der Waals surface area contributed by atoms with Crippen LogP contribution in [0.1, 0.15) is 42.1 Å². The molecule has 0 saturated heterocycles. The highest BCUT2D eigenvalue weighted by atomic mass is 19.4. The van der Waals surface area contributed by atoms with Gasteiger partial charge in [-0.3, -0.25) is 0 Å². The summed E-state index contributed by atoms with van der Waals surface area (Å²) in [5.74, 6) is -0.707. The van der Waals surface area contributed by atoms with Gasteiger partial charge >= 0.3 is 18.3 Å². The molecule has 0 unspecified atom stereocenters. The number of hydrogen-bond donors (Lipinski definition) is 1. The molecule has 5 nitrogen and oxygen atoms in total. The predicted octanol–water partition coefficient (Wildman–Crippen LogP) is 5.78. The summed E-state index contributed by atoms with van der Waals surface area (Å²) >= 11 is 0. The molecule has 0 aliphatic rings. The molecule has 28 heavy (non-hydrogen) atoms. The lowest BCUT2D eigenvalue weighted by molar-refractivity contribution is -0.137. The number of esters is 1. The van der Waals surface area contributed by atoms with Crippen LogP contribution >= 0.6 is 0 Å². The Bertz CT molecular complexity index is 829. The number of carbonyl (C=O) groups is 2. The fraction of sp³-hybridized carbons (Fsp3) is 0.300. The number of halogens is 3. The lowest BCUT2D eigenvalue weighted by atomic mass is 10.0. The monoisotopic (exact) mass is 396 g/mol. The number of alkyl halides is 3. The standard InChI is InChI=1S/C20H19F3O5/c1-2-3-4-11-27-18(24)14-7-10-17(28-19(25)26)16(12-14)13-5-8-15(9-6-13)20(21,22)23/h5-10,12H,2-4,11H2,1H3,(H,25,26). The fourth-order valence-electron chi connectivity index (χ4n) is 2.50. The van der Waals surface area contributed by atoms with Crippen LogP contribution in [0.3, 0.4) is 0 Å². The van der Waals surface area contributed by atoms with E-state index in [9.17, 15) is 22.8 Å². The molecule has 2 aromatic carbocycles. The first kappa shape index (κ1) is 21.3. The van der Waals surface area contributed by atoms with E-state index in [1.54, 1.807) is 0 Å². The second-order valence-corrected chi connectivity index (χ2v) is 6.00. The van der Waals surface area contributed by atoms with Gasteiger partial charge in [0.15, 0.2) is 0 Å². The number of benzene rings is 2. The van der Waals surface area contributed by atoms with Crippen molar-refractivity contribution in [3.05, 3.63) is 53.6 Å². The quantitative estimate of drug-likeness (QED) is 0.365. The van der Waals surface area contributed by atoms with Crippen LogP contribution in [0.2, 0.25) is 0 Å². The van der Waals surface area contributed by atoms with E-state index in [0.29, 0.717) is 6.42 Å². The average Bonchev–Trinajstić information content (AvgIpc) is 2.64. The molecular formula is C20H19F3O5. The maximum Gasteiger partial charge on any atom is 0.511 e. The molecule has 0 fully saturated rings. The highest BCUT2D eigenvalue weighted by molar-refractivity contribution is 5.92. The highest BCUT2D eigenvalue weighted by Gasteiger charge is 2.30. The van der Waals surface area contributed by atoms with E-state index < -0.39 is 23.9 Å². The summed E-state index contributed by atoms with van der Waals surface area (Å²) in [4.78, 5) is 23.1. The predicted molar refractivity (Wildman–Crippen MR) is 95.3 cm³/mol. The molecule has 0 atom stereocenters. The van der Waals surface area contributed by atoms with Crippen LogP contribution in [0.15, 0.2) is 42.5 Å². The maximum absolute atomic E-state index is 12.8. The van der Waals surface area contributed by atoms with Crippen molar-refractivity contribution in [2.75, 3.05) is 6.61 Å². The highest BCUT2D eigenvalue weighted by Crippen LogP contribution is 2.35. The third kappa shape index (κ3) is 5.73. The minimum absolute atomic E-state index is 0.102. The largest absolute Gasteiger partial charge is 0.511 e. The zero-order chi connectivity index (χ0) is 20.7. The molecule has 0 spiro atoms. The smallest absolute Gasteiger partial charge is 0.462 e. The first-order valence-electron chi connectivity index (χ1n) is 8.62. The Hall–Kier alpha value is -3.03. The minimum Gasteiger partial charge on any atom is -0.462 e. The zero-order valence-corrected chi connectivity index (χ0v) is 15.1. The van der Waals surface area contributed by atoms with E-state index >= 15 is 0 Å². The second kappa shape index (κ2) is 9.25. The zero-order valence-electron chi connectivity index (χ0n) is 15.1. The molecule has 8 heteroatoms. The molecule has 2 rings (SSSR count). The van der Waals surface area contributed by atoms with Gasteiger partial charge in [0.2, 0.25) is 0 Å². The molecule has 1 N–H and O–H groups in total. The van der Waals surface area contributed by atoms with E-state index in [-0.39, 0.29) is 29.0 Å². The van der Waals surface area contributed by atoms with Crippen LogP contribution in [0, 0.1) is 0 Å². The van der Waals surface area contributed by atoms with Gasteiger partial charge in [0.1, 0.15) is 5.75 Å². The van der Waals surface area contributed by atoms with Crippen LogP contribution in [0.5, 0.6) is 5.75 Å². The Morgan fingerprint density at radius 3 is 2.29 bits per heavy atom. The third-order valence-corrected chi connectivity index (χ3v) is 3.92. The molecule has 0 heterocycles. The van der Waals surface area contributed by atoms with Crippen LogP contribution in [-0.4, -0.2) is 23.8 Å². The molecule has 0 bridgehead atoms. The Balaban J connectivity index is 2.33. The average molecular weight is 396 g/mol. The number of ether oxygens (including phenoxy) is 2. The van der Waals surface area contributed by atoms with Crippen molar-refractivity contribution in [3.8, 4) is 16.9 Å². The Kier molecular flexibility index (Phi) is 7.03. The Morgan fingerprint density at radius 1 is 1.04 bits per heavy atom. The summed E-state index contributed by atoms with van der Waals surface area (Å²) in [6.07, 6.45) is -3.48. The number of hydrogen-bond acceptors (Lipinski definition) is 4. The summed E-state index contributed by atoms with van der Waals surface area (Å²) in [6.45, 7) is 2.26. The van der Waals surface area contributed by atoms with Crippen LogP contribution < -0.4 is 4.74 Å². The molecule has 0 aliphatic heterocycles. The lowest BCUT2D eigenvalue weighted by Gasteiger charge is -2.12. The molecular weight excluding hydrogens is 377 g/mol. The second-order valence-electron chi connectivity index (χ2n) is 6.00. The van der Waals surface area contributed by atoms with E-state index in [0.717, 1.165) is 25.0 Å². The van der Waals surface area contributed by atoms with Crippen LogP contribution in [-0.2, 0) is 10.9 Å². The van der Waals surface area contributed by atoms with Crippen molar-refractivity contribution in [2.24, 2.45) is 0 Å². The SMILES string of the molecule is CCCCCOC(=O)c1ccc(OC(=O)O)c(-c2ccc(C(F)(F)F)cc2)c1. The van der Waals surface area contributed by atoms with Gasteiger partial charge in [-0.1, -0.05) is 31.9 Å². The van der Waals surface area contributed by atoms with Crippen molar-refractivity contribution < 1.29 is 37.3 Å². The summed E-state index contributed by atoms with van der Waals surface area (Å²) in [5.41, 5.74) is -0.267. The van der Waals surface area contributed by atoms with Crippen molar-refractivity contribution in [3.63, 3.8) is 0 Å². The number of unbranched alkanes of at least 4 members (excludes halogenated alkanes) is 2.